The molecule has 1 atom stereocenters. The second-order valence-corrected chi connectivity index (χ2v) is 7.75. The van der Waals surface area contributed by atoms with E-state index in [0.717, 1.165) is 4.47 Å². The monoisotopic (exact) mass is 383 g/mol. The molecule has 2 aromatic rings. The first kappa shape index (κ1) is 15.4. The van der Waals surface area contributed by atoms with Crippen LogP contribution in [0.3, 0.4) is 0 Å². The molecule has 1 fully saturated rings. The third-order valence-electron chi connectivity index (χ3n) is 3.37. The molecule has 0 radical (unpaired) electrons. The lowest BCUT2D eigenvalue weighted by molar-refractivity contribution is 0.207. The molecule has 22 heavy (non-hydrogen) atoms. The summed E-state index contributed by atoms with van der Waals surface area (Å²) in [5.41, 5.74) is 0. The zero-order valence-electron chi connectivity index (χ0n) is 11.6. The van der Waals surface area contributed by atoms with Crippen LogP contribution in [-0.2, 0) is 10.0 Å². The molecule has 0 aromatic carbocycles. The van der Waals surface area contributed by atoms with E-state index in [4.69, 9.17) is 4.74 Å². The Balaban J connectivity index is 1.68. The van der Waals surface area contributed by atoms with Crippen molar-refractivity contribution in [2.45, 2.75) is 17.4 Å². The Hall–Kier alpha value is -1.51. The zero-order valence-corrected chi connectivity index (χ0v) is 14.0. The number of rotatable bonds is 4. The standard InChI is InChI=1S/C14H14BrN3O3S/c15-11-3-4-14(17-8-11)21-12-5-7-18(10-12)22(19,20)13-2-1-6-16-9-13/h1-4,6,8-9,12H,5,7,10H2. The minimum Gasteiger partial charge on any atom is -0.473 e. The molecule has 0 saturated carbocycles. The number of aromatic nitrogens is 2. The van der Waals surface area contributed by atoms with Gasteiger partial charge in [-0.05, 0) is 40.5 Å². The molecular formula is C14H14BrN3O3S. The van der Waals surface area contributed by atoms with Crippen LogP contribution in [0, 0.1) is 0 Å². The number of pyridine rings is 2. The van der Waals surface area contributed by atoms with Crippen LogP contribution in [0.4, 0.5) is 0 Å². The highest BCUT2D eigenvalue weighted by Gasteiger charge is 2.33. The summed E-state index contributed by atoms with van der Waals surface area (Å²) in [6.07, 6.45) is 5.00. The Labute approximate surface area is 137 Å². The van der Waals surface area contributed by atoms with Crippen molar-refractivity contribution in [2.75, 3.05) is 13.1 Å². The number of halogens is 1. The van der Waals surface area contributed by atoms with Gasteiger partial charge in [0.25, 0.3) is 0 Å². The van der Waals surface area contributed by atoms with E-state index in [2.05, 4.69) is 25.9 Å². The summed E-state index contributed by atoms with van der Waals surface area (Å²) >= 11 is 3.31. The van der Waals surface area contributed by atoms with Gasteiger partial charge in [-0.1, -0.05) is 0 Å². The molecular weight excluding hydrogens is 370 g/mol. The Kier molecular flexibility index (Phi) is 4.42. The maximum atomic E-state index is 12.5. The molecule has 1 unspecified atom stereocenters. The SMILES string of the molecule is O=S(=O)(c1cccnc1)N1CCC(Oc2ccc(Br)cn2)C1. The molecule has 0 bridgehead atoms. The fraction of sp³-hybridized carbons (Fsp3) is 0.286. The van der Waals surface area contributed by atoms with Crippen LogP contribution in [0.25, 0.3) is 0 Å². The summed E-state index contributed by atoms with van der Waals surface area (Å²) in [4.78, 5) is 8.21. The van der Waals surface area contributed by atoms with Crippen molar-refractivity contribution in [1.29, 1.82) is 0 Å². The van der Waals surface area contributed by atoms with Gasteiger partial charge in [0, 0.05) is 35.7 Å². The fourth-order valence-corrected chi connectivity index (χ4v) is 3.95. The molecule has 3 rings (SSSR count). The smallest absolute Gasteiger partial charge is 0.244 e. The highest BCUT2D eigenvalue weighted by molar-refractivity contribution is 9.10. The molecule has 0 amide bonds. The number of sulfonamides is 1. The van der Waals surface area contributed by atoms with Crippen molar-refractivity contribution in [2.24, 2.45) is 0 Å². The molecule has 6 nitrogen and oxygen atoms in total. The van der Waals surface area contributed by atoms with Gasteiger partial charge in [0.1, 0.15) is 11.0 Å². The van der Waals surface area contributed by atoms with Gasteiger partial charge in [-0.2, -0.15) is 4.31 Å². The maximum absolute atomic E-state index is 12.5. The molecule has 1 aliphatic heterocycles. The van der Waals surface area contributed by atoms with Crippen molar-refractivity contribution in [3.63, 3.8) is 0 Å². The van der Waals surface area contributed by atoms with E-state index < -0.39 is 10.0 Å². The van der Waals surface area contributed by atoms with Crippen LogP contribution in [0.15, 0.2) is 52.2 Å². The number of nitrogens with zero attached hydrogens (tertiary/aromatic N) is 3. The lowest BCUT2D eigenvalue weighted by atomic mass is 10.3. The molecule has 2 aromatic heterocycles. The lowest BCUT2D eigenvalue weighted by Gasteiger charge is -2.16. The summed E-state index contributed by atoms with van der Waals surface area (Å²) in [6.45, 7) is 0.743. The molecule has 0 spiro atoms. The van der Waals surface area contributed by atoms with E-state index in [1.807, 2.05) is 6.07 Å². The number of ether oxygens (including phenoxy) is 1. The summed E-state index contributed by atoms with van der Waals surface area (Å²) < 4.78 is 33.0. The van der Waals surface area contributed by atoms with E-state index in [-0.39, 0.29) is 11.0 Å². The highest BCUT2D eigenvalue weighted by Crippen LogP contribution is 2.23. The number of hydrogen-bond donors (Lipinski definition) is 0. The van der Waals surface area contributed by atoms with Crippen molar-refractivity contribution >= 4 is 26.0 Å². The average molecular weight is 384 g/mol. The van der Waals surface area contributed by atoms with E-state index in [0.29, 0.717) is 25.4 Å². The largest absolute Gasteiger partial charge is 0.473 e. The van der Waals surface area contributed by atoms with Crippen molar-refractivity contribution < 1.29 is 13.2 Å². The molecule has 8 heteroatoms. The maximum Gasteiger partial charge on any atom is 0.244 e. The van der Waals surface area contributed by atoms with Gasteiger partial charge in [0.2, 0.25) is 15.9 Å². The third-order valence-corrected chi connectivity index (χ3v) is 5.69. The topological polar surface area (TPSA) is 72.4 Å². The summed E-state index contributed by atoms with van der Waals surface area (Å²) in [7, 11) is -3.51. The minimum absolute atomic E-state index is 0.194. The molecule has 3 heterocycles. The Morgan fingerprint density at radius 2 is 2.14 bits per heavy atom. The van der Waals surface area contributed by atoms with Crippen LogP contribution < -0.4 is 4.74 Å². The number of hydrogen-bond acceptors (Lipinski definition) is 5. The first-order valence-electron chi connectivity index (χ1n) is 6.74. The summed E-state index contributed by atoms with van der Waals surface area (Å²) in [6, 6.07) is 6.75. The van der Waals surface area contributed by atoms with E-state index in [1.54, 1.807) is 30.6 Å². The second-order valence-electron chi connectivity index (χ2n) is 4.89. The van der Waals surface area contributed by atoms with Crippen molar-refractivity contribution in [1.82, 2.24) is 14.3 Å². The van der Waals surface area contributed by atoms with Crippen molar-refractivity contribution in [3.05, 3.63) is 47.3 Å². The summed E-state index contributed by atoms with van der Waals surface area (Å²) in [5, 5.41) is 0. The van der Waals surface area contributed by atoms with Crippen LogP contribution in [-0.4, -0.2) is 41.9 Å². The van der Waals surface area contributed by atoms with Crippen LogP contribution in [0.2, 0.25) is 0 Å². The normalized spacial score (nSPS) is 19.2. The van der Waals surface area contributed by atoms with E-state index in [1.165, 1.54) is 10.5 Å². The molecule has 1 aliphatic rings. The summed E-state index contributed by atoms with van der Waals surface area (Å²) in [5.74, 6) is 0.494. The Morgan fingerprint density at radius 3 is 2.82 bits per heavy atom. The van der Waals surface area contributed by atoms with Crippen LogP contribution in [0.5, 0.6) is 5.88 Å². The van der Waals surface area contributed by atoms with Gasteiger partial charge in [0.15, 0.2) is 0 Å². The van der Waals surface area contributed by atoms with Crippen LogP contribution in [0.1, 0.15) is 6.42 Å². The quantitative estimate of drug-likeness (QED) is 0.807. The lowest BCUT2D eigenvalue weighted by Crippen LogP contribution is -2.31. The first-order valence-corrected chi connectivity index (χ1v) is 8.97. The fourth-order valence-electron chi connectivity index (χ4n) is 2.26. The van der Waals surface area contributed by atoms with Crippen LogP contribution >= 0.6 is 15.9 Å². The van der Waals surface area contributed by atoms with Gasteiger partial charge in [-0.25, -0.2) is 13.4 Å². The highest BCUT2D eigenvalue weighted by atomic mass is 79.9. The molecule has 1 saturated heterocycles. The predicted octanol–water partition coefficient (Wildman–Crippen LogP) is 2.08. The van der Waals surface area contributed by atoms with Gasteiger partial charge in [-0.15, -0.1) is 0 Å². The molecule has 116 valence electrons. The third kappa shape index (κ3) is 3.29. The zero-order chi connectivity index (χ0) is 15.6. The van der Waals surface area contributed by atoms with Gasteiger partial charge in [0.05, 0.1) is 6.54 Å². The van der Waals surface area contributed by atoms with Gasteiger partial charge < -0.3 is 4.74 Å². The van der Waals surface area contributed by atoms with E-state index in [9.17, 15) is 8.42 Å². The molecule has 0 N–H and O–H groups in total. The Morgan fingerprint density at radius 1 is 1.27 bits per heavy atom. The van der Waals surface area contributed by atoms with Gasteiger partial charge in [-0.3, -0.25) is 4.98 Å². The Bertz CT molecular complexity index is 738. The van der Waals surface area contributed by atoms with Crippen molar-refractivity contribution in [3.8, 4) is 5.88 Å². The van der Waals surface area contributed by atoms with E-state index >= 15 is 0 Å². The predicted molar refractivity (Wildman–Crippen MR) is 84.0 cm³/mol. The minimum atomic E-state index is -3.51. The first-order chi connectivity index (χ1) is 10.6. The average Bonchev–Trinajstić information content (AvgIpc) is 3.00. The van der Waals surface area contributed by atoms with Gasteiger partial charge >= 0.3 is 0 Å². The second kappa shape index (κ2) is 6.31. The molecule has 0 aliphatic carbocycles.